The lowest BCUT2D eigenvalue weighted by Crippen LogP contribution is -2.01. The van der Waals surface area contributed by atoms with Crippen molar-refractivity contribution in [1.29, 1.82) is 0 Å². The number of fused-ring (bicyclic) bond motifs is 1. The molecule has 0 radical (unpaired) electrons. The minimum absolute atomic E-state index is 0.0146. The van der Waals surface area contributed by atoms with E-state index in [1.54, 1.807) is 12.1 Å². The summed E-state index contributed by atoms with van der Waals surface area (Å²) >= 11 is 0. The number of aromatic amines is 1. The Kier molecular flexibility index (Phi) is 3.38. The largest absolute Gasteiger partial charge is 0.478 e. The van der Waals surface area contributed by atoms with E-state index in [0.29, 0.717) is 5.65 Å². The van der Waals surface area contributed by atoms with Gasteiger partial charge in [-0.05, 0) is 12.1 Å². The Morgan fingerprint density at radius 3 is 2.82 bits per heavy atom. The SMILES string of the molecule is COc1nc2[nH]cc(F)c2cc1Oc1ccccc1C(=O)O. The van der Waals surface area contributed by atoms with E-state index in [1.807, 2.05) is 0 Å². The number of carboxylic acid groups (broad SMARTS) is 1. The lowest BCUT2D eigenvalue weighted by Gasteiger charge is -2.11. The van der Waals surface area contributed by atoms with Crippen LogP contribution in [0.25, 0.3) is 11.0 Å². The number of para-hydroxylation sites is 1. The van der Waals surface area contributed by atoms with Crippen molar-refractivity contribution in [3.05, 3.63) is 47.9 Å². The van der Waals surface area contributed by atoms with Crippen LogP contribution in [0.1, 0.15) is 10.4 Å². The van der Waals surface area contributed by atoms with Crippen LogP contribution < -0.4 is 9.47 Å². The van der Waals surface area contributed by atoms with Crippen molar-refractivity contribution < 1.29 is 23.8 Å². The Hall–Kier alpha value is -3.09. The molecule has 2 N–H and O–H groups in total. The number of halogens is 1. The van der Waals surface area contributed by atoms with Crippen LogP contribution in [0.2, 0.25) is 0 Å². The van der Waals surface area contributed by atoms with Gasteiger partial charge in [-0.1, -0.05) is 12.1 Å². The maximum atomic E-state index is 13.6. The van der Waals surface area contributed by atoms with Crippen LogP contribution in [-0.2, 0) is 0 Å². The van der Waals surface area contributed by atoms with Crippen LogP contribution in [0.4, 0.5) is 4.39 Å². The summed E-state index contributed by atoms with van der Waals surface area (Å²) < 4.78 is 24.3. The van der Waals surface area contributed by atoms with Gasteiger partial charge in [0.15, 0.2) is 5.75 Å². The number of hydrogen-bond donors (Lipinski definition) is 2. The first-order chi connectivity index (χ1) is 10.6. The number of hydrogen-bond acceptors (Lipinski definition) is 4. The van der Waals surface area contributed by atoms with Gasteiger partial charge in [0.1, 0.15) is 22.8 Å². The summed E-state index contributed by atoms with van der Waals surface area (Å²) in [6, 6.07) is 7.54. The summed E-state index contributed by atoms with van der Waals surface area (Å²) in [6.07, 6.45) is 1.17. The lowest BCUT2D eigenvalue weighted by atomic mass is 10.2. The number of benzene rings is 1. The number of aromatic carboxylic acids is 1. The molecule has 1 aromatic carbocycles. The molecule has 0 spiro atoms. The van der Waals surface area contributed by atoms with E-state index >= 15 is 0 Å². The third kappa shape index (κ3) is 2.32. The highest BCUT2D eigenvalue weighted by Gasteiger charge is 2.17. The van der Waals surface area contributed by atoms with Crippen molar-refractivity contribution >= 4 is 17.0 Å². The molecule has 0 saturated carbocycles. The van der Waals surface area contributed by atoms with Gasteiger partial charge in [0.2, 0.25) is 0 Å². The smallest absolute Gasteiger partial charge is 0.339 e. The number of rotatable bonds is 4. The number of methoxy groups -OCH3 is 1. The number of nitrogens with zero attached hydrogens (tertiary/aromatic N) is 1. The van der Waals surface area contributed by atoms with E-state index in [4.69, 9.17) is 14.6 Å². The minimum atomic E-state index is -1.13. The topological polar surface area (TPSA) is 84.4 Å². The molecule has 3 aromatic rings. The maximum Gasteiger partial charge on any atom is 0.339 e. The molecule has 0 atom stereocenters. The van der Waals surface area contributed by atoms with Crippen molar-refractivity contribution in [2.24, 2.45) is 0 Å². The molecule has 0 aliphatic carbocycles. The Bertz CT molecular complexity index is 860. The third-order valence-electron chi connectivity index (χ3n) is 3.08. The van der Waals surface area contributed by atoms with Crippen LogP contribution in [0.5, 0.6) is 17.4 Å². The first-order valence-electron chi connectivity index (χ1n) is 6.32. The van der Waals surface area contributed by atoms with Gasteiger partial charge in [0, 0.05) is 12.3 Å². The molecule has 3 rings (SSSR count). The molecule has 22 heavy (non-hydrogen) atoms. The second kappa shape index (κ2) is 5.36. The molecule has 6 nitrogen and oxygen atoms in total. The number of pyridine rings is 1. The molecular weight excluding hydrogens is 291 g/mol. The fraction of sp³-hybridized carbons (Fsp3) is 0.0667. The number of aromatic nitrogens is 2. The van der Waals surface area contributed by atoms with Gasteiger partial charge < -0.3 is 19.6 Å². The summed E-state index contributed by atoms with van der Waals surface area (Å²) in [6.45, 7) is 0. The summed E-state index contributed by atoms with van der Waals surface area (Å²) in [7, 11) is 1.39. The van der Waals surface area contributed by atoms with E-state index in [1.165, 1.54) is 31.5 Å². The van der Waals surface area contributed by atoms with E-state index < -0.39 is 11.8 Å². The third-order valence-corrected chi connectivity index (χ3v) is 3.08. The Morgan fingerprint density at radius 1 is 1.32 bits per heavy atom. The van der Waals surface area contributed by atoms with Gasteiger partial charge in [-0.3, -0.25) is 0 Å². The van der Waals surface area contributed by atoms with Gasteiger partial charge in [0.05, 0.1) is 12.5 Å². The van der Waals surface area contributed by atoms with Crippen LogP contribution in [0, 0.1) is 5.82 Å². The molecule has 7 heteroatoms. The fourth-order valence-corrected chi connectivity index (χ4v) is 2.05. The van der Waals surface area contributed by atoms with Crippen molar-refractivity contribution in [3.8, 4) is 17.4 Å². The first-order valence-corrected chi connectivity index (χ1v) is 6.32. The number of nitrogens with one attached hydrogen (secondary N) is 1. The molecule has 0 saturated heterocycles. The molecule has 112 valence electrons. The Morgan fingerprint density at radius 2 is 2.09 bits per heavy atom. The number of carbonyl (C=O) groups is 1. The second-order valence-electron chi connectivity index (χ2n) is 4.43. The first kappa shape index (κ1) is 13.9. The Labute approximate surface area is 124 Å². The summed E-state index contributed by atoms with van der Waals surface area (Å²) in [4.78, 5) is 18.0. The molecule has 2 heterocycles. The van der Waals surface area contributed by atoms with Crippen molar-refractivity contribution in [2.45, 2.75) is 0 Å². The molecule has 0 aliphatic rings. The minimum Gasteiger partial charge on any atom is -0.478 e. The summed E-state index contributed by atoms with van der Waals surface area (Å²) in [5, 5.41) is 9.39. The normalized spacial score (nSPS) is 10.6. The molecule has 0 aliphatic heterocycles. The van der Waals surface area contributed by atoms with Crippen LogP contribution in [-0.4, -0.2) is 28.2 Å². The zero-order chi connectivity index (χ0) is 15.7. The highest BCUT2D eigenvalue weighted by atomic mass is 19.1. The second-order valence-corrected chi connectivity index (χ2v) is 4.43. The number of ether oxygens (including phenoxy) is 2. The molecule has 0 bridgehead atoms. The zero-order valence-corrected chi connectivity index (χ0v) is 11.5. The summed E-state index contributed by atoms with van der Waals surface area (Å²) in [5.74, 6) is -1.25. The monoisotopic (exact) mass is 302 g/mol. The lowest BCUT2D eigenvalue weighted by molar-refractivity contribution is 0.0694. The van der Waals surface area contributed by atoms with Crippen molar-refractivity contribution in [3.63, 3.8) is 0 Å². The predicted molar refractivity (Wildman–Crippen MR) is 76.1 cm³/mol. The van der Waals surface area contributed by atoms with Gasteiger partial charge in [0.25, 0.3) is 5.88 Å². The van der Waals surface area contributed by atoms with Gasteiger partial charge in [-0.2, -0.15) is 4.98 Å². The predicted octanol–water partition coefficient (Wildman–Crippen LogP) is 3.20. The van der Waals surface area contributed by atoms with E-state index in [0.717, 1.165) is 0 Å². The average molecular weight is 302 g/mol. The van der Waals surface area contributed by atoms with Crippen LogP contribution >= 0.6 is 0 Å². The zero-order valence-electron chi connectivity index (χ0n) is 11.5. The maximum absolute atomic E-state index is 13.6. The quantitative estimate of drug-likeness (QED) is 0.773. The number of H-pyrrole nitrogens is 1. The molecule has 0 amide bonds. The molecule has 0 unspecified atom stereocenters. The van der Waals surface area contributed by atoms with Crippen LogP contribution in [0.3, 0.4) is 0 Å². The van der Waals surface area contributed by atoms with Crippen molar-refractivity contribution in [1.82, 2.24) is 9.97 Å². The van der Waals surface area contributed by atoms with Crippen LogP contribution in [0.15, 0.2) is 36.5 Å². The van der Waals surface area contributed by atoms with Crippen molar-refractivity contribution in [2.75, 3.05) is 7.11 Å². The highest BCUT2D eigenvalue weighted by molar-refractivity contribution is 5.91. The molecule has 0 fully saturated rings. The van der Waals surface area contributed by atoms with E-state index in [-0.39, 0.29) is 28.3 Å². The molecule has 2 aromatic heterocycles. The fourth-order valence-electron chi connectivity index (χ4n) is 2.05. The van der Waals surface area contributed by atoms with Gasteiger partial charge in [-0.25, -0.2) is 9.18 Å². The van der Waals surface area contributed by atoms with E-state index in [9.17, 15) is 9.18 Å². The Balaban J connectivity index is 2.10. The number of carboxylic acids is 1. The van der Waals surface area contributed by atoms with Gasteiger partial charge in [-0.15, -0.1) is 0 Å². The summed E-state index contributed by atoms with van der Waals surface area (Å²) in [5.41, 5.74) is 0.299. The van der Waals surface area contributed by atoms with Gasteiger partial charge >= 0.3 is 5.97 Å². The standard InChI is InChI=1S/C15H11FN2O4/c1-21-14-12(6-9-10(16)7-17-13(9)18-14)22-11-5-3-2-4-8(11)15(19)20/h2-7H,1H3,(H,17,18)(H,19,20). The van der Waals surface area contributed by atoms with E-state index in [2.05, 4.69) is 9.97 Å². The highest BCUT2D eigenvalue weighted by Crippen LogP contribution is 2.34. The average Bonchev–Trinajstić information content (AvgIpc) is 2.87. The molecular formula is C15H11FN2O4.